The number of benzene rings is 3. The predicted octanol–water partition coefficient (Wildman–Crippen LogP) is 5.32. The first-order chi connectivity index (χ1) is 18.4. The molecule has 192 valence electrons. The summed E-state index contributed by atoms with van der Waals surface area (Å²) in [5.41, 5.74) is 3.80. The number of rotatable bonds is 4. The molecule has 2 aliphatic heterocycles. The second-order valence-corrected chi connectivity index (χ2v) is 10.2. The van der Waals surface area contributed by atoms with E-state index in [0.29, 0.717) is 46.7 Å². The van der Waals surface area contributed by atoms with Gasteiger partial charge in [-0.05, 0) is 66.9 Å². The molecule has 0 aliphatic carbocycles. The topological polar surface area (TPSA) is 98.2 Å². The molecule has 3 heterocycles. The molecule has 0 unspecified atom stereocenters. The molecular weight excluding hydrogens is 504 g/mol. The van der Waals surface area contributed by atoms with Crippen LogP contribution in [0.15, 0.2) is 60.2 Å². The number of Topliss-reactive ketones (excluding diaryl/α,β-unsaturated/α-hetero) is 1. The number of carbonyl (C=O) groups excluding carboxylic acids is 2. The zero-order valence-electron chi connectivity index (χ0n) is 21.0. The highest BCUT2D eigenvalue weighted by molar-refractivity contribution is 7.22. The van der Waals surface area contributed by atoms with Crippen LogP contribution in [0.1, 0.15) is 28.3 Å². The Labute approximate surface area is 222 Å². The van der Waals surface area contributed by atoms with Gasteiger partial charge in [-0.1, -0.05) is 29.5 Å². The van der Waals surface area contributed by atoms with E-state index in [1.807, 2.05) is 26.0 Å². The van der Waals surface area contributed by atoms with Gasteiger partial charge in [-0.25, -0.2) is 4.98 Å². The van der Waals surface area contributed by atoms with Gasteiger partial charge in [0.05, 0.1) is 28.9 Å². The number of aromatic nitrogens is 1. The number of hydrogen-bond acceptors (Lipinski definition) is 8. The lowest BCUT2D eigenvalue weighted by atomic mass is 9.95. The zero-order valence-corrected chi connectivity index (χ0v) is 21.8. The lowest BCUT2D eigenvalue weighted by molar-refractivity contribution is -0.132. The van der Waals surface area contributed by atoms with E-state index in [1.165, 1.54) is 16.2 Å². The molecule has 1 aromatic heterocycles. The van der Waals surface area contributed by atoms with Crippen molar-refractivity contribution in [1.82, 2.24) is 4.98 Å². The van der Waals surface area contributed by atoms with E-state index < -0.39 is 17.7 Å². The highest BCUT2D eigenvalue weighted by Crippen LogP contribution is 2.45. The third-order valence-electron chi connectivity index (χ3n) is 6.72. The van der Waals surface area contributed by atoms with Crippen LogP contribution in [-0.4, -0.2) is 42.1 Å². The molecule has 9 heteroatoms. The Morgan fingerprint density at radius 1 is 1.03 bits per heavy atom. The van der Waals surface area contributed by atoms with Crippen LogP contribution >= 0.6 is 11.3 Å². The molecule has 0 bridgehead atoms. The van der Waals surface area contributed by atoms with Gasteiger partial charge in [-0.3, -0.25) is 14.5 Å². The monoisotopic (exact) mass is 528 g/mol. The maximum Gasteiger partial charge on any atom is 0.301 e. The van der Waals surface area contributed by atoms with Gasteiger partial charge >= 0.3 is 5.91 Å². The first-order valence-corrected chi connectivity index (χ1v) is 12.9. The quantitative estimate of drug-likeness (QED) is 0.218. The van der Waals surface area contributed by atoms with E-state index >= 15 is 0 Å². The van der Waals surface area contributed by atoms with Gasteiger partial charge in [0.1, 0.15) is 24.7 Å². The Hall–Kier alpha value is -4.37. The van der Waals surface area contributed by atoms with E-state index in [2.05, 4.69) is 0 Å². The Morgan fingerprint density at radius 3 is 2.50 bits per heavy atom. The van der Waals surface area contributed by atoms with Gasteiger partial charge in [0.2, 0.25) is 0 Å². The van der Waals surface area contributed by atoms with Gasteiger partial charge in [-0.2, -0.15) is 0 Å². The van der Waals surface area contributed by atoms with Crippen LogP contribution in [0.3, 0.4) is 0 Å². The summed E-state index contributed by atoms with van der Waals surface area (Å²) < 4.78 is 17.5. The Balaban J connectivity index is 1.54. The van der Waals surface area contributed by atoms with Crippen molar-refractivity contribution in [3.8, 4) is 17.2 Å². The van der Waals surface area contributed by atoms with E-state index in [4.69, 9.17) is 19.2 Å². The van der Waals surface area contributed by atoms with Crippen LogP contribution in [-0.2, 0) is 9.59 Å². The van der Waals surface area contributed by atoms with Gasteiger partial charge in [0, 0.05) is 5.56 Å². The van der Waals surface area contributed by atoms with Crippen LogP contribution in [0.2, 0.25) is 0 Å². The maximum absolute atomic E-state index is 13.5. The summed E-state index contributed by atoms with van der Waals surface area (Å²) in [4.78, 5) is 33.2. The summed E-state index contributed by atoms with van der Waals surface area (Å²) in [5.74, 6) is -0.184. The van der Waals surface area contributed by atoms with Gasteiger partial charge in [0.25, 0.3) is 5.78 Å². The van der Waals surface area contributed by atoms with Crippen molar-refractivity contribution in [2.45, 2.75) is 19.9 Å². The molecule has 2 aliphatic rings. The normalized spacial score (nSPS) is 18.3. The van der Waals surface area contributed by atoms with Crippen molar-refractivity contribution < 1.29 is 28.9 Å². The fourth-order valence-corrected chi connectivity index (χ4v) is 6.11. The number of ketones is 1. The number of aliphatic hydroxyl groups excluding tert-OH is 1. The van der Waals surface area contributed by atoms with E-state index in [9.17, 15) is 14.7 Å². The van der Waals surface area contributed by atoms with Crippen LogP contribution in [0, 0.1) is 13.8 Å². The van der Waals surface area contributed by atoms with Gasteiger partial charge in [0.15, 0.2) is 16.6 Å². The molecule has 38 heavy (non-hydrogen) atoms. The number of fused-ring (bicyclic) bond motifs is 2. The predicted molar refractivity (Wildman–Crippen MR) is 144 cm³/mol. The van der Waals surface area contributed by atoms with Crippen LogP contribution in [0.4, 0.5) is 5.13 Å². The summed E-state index contributed by atoms with van der Waals surface area (Å²) in [5, 5.41) is 11.9. The average Bonchev–Trinajstić information content (AvgIpc) is 3.46. The number of carbonyl (C=O) groups is 2. The lowest BCUT2D eigenvalue weighted by Gasteiger charge is -2.23. The Bertz CT molecular complexity index is 1640. The van der Waals surface area contributed by atoms with Crippen molar-refractivity contribution in [1.29, 1.82) is 0 Å². The number of nitrogens with zero attached hydrogens (tertiary/aromatic N) is 2. The average molecular weight is 529 g/mol. The lowest BCUT2D eigenvalue weighted by Crippen LogP contribution is -2.29. The molecule has 1 saturated heterocycles. The molecule has 1 fully saturated rings. The first-order valence-electron chi connectivity index (χ1n) is 12.1. The summed E-state index contributed by atoms with van der Waals surface area (Å²) in [7, 11) is 1.56. The number of hydrogen-bond donors (Lipinski definition) is 1. The van der Waals surface area contributed by atoms with E-state index in [1.54, 1.807) is 49.6 Å². The first kappa shape index (κ1) is 24.0. The SMILES string of the molecule is COc1ccc([C@H]2/C(=C(\O)c3ccc4c(c3)OCCO4)C(=O)C(=O)N2c2nc3c(C)cc(C)cc3s2)cc1. The molecule has 0 radical (unpaired) electrons. The van der Waals surface area contributed by atoms with Crippen LogP contribution < -0.4 is 19.1 Å². The molecule has 3 aromatic carbocycles. The largest absolute Gasteiger partial charge is 0.507 e. The van der Waals surface area contributed by atoms with Crippen LogP contribution in [0.5, 0.6) is 17.2 Å². The number of ether oxygens (including phenoxy) is 3. The minimum Gasteiger partial charge on any atom is -0.507 e. The number of anilines is 1. The standard InChI is InChI=1S/C29H24N2O6S/c1-15-12-16(2)24-22(13-15)38-29(30-24)31-25(17-4-7-19(35-3)8-5-17)23(27(33)28(31)34)26(32)18-6-9-20-21(14-18)37-11-10-36-20/h4-9,12-14,25,32H,10-11H2,1-3H3/b26-23+/t25-/m0/s1. The van der Waals surface area contributed by atoms with Crippen molar-refractivity contribution in [3.05, 3.63) is 82.4 Å². The fourth-order valence-electron chi connectivity index (χ4n) is 4.94. The third-order valence-corrected chi connectivity index (χ3v) is 7.72. The van der Waals surface area contributed by atoms with Gasteiger partial charge < -0.3 is 19.3 Å². The second kappa shape index (κ2) is 9.18. The molecule has 0 spiro atoms. The fraction of sp³-hybridized carbons (Fsp3) is 0.207. The van der Waals surface area contributed by atoms with Gasteiger partial charge in [-0.15, -0.1) is 0 Å². The summed E-state index contributed by atoms with van der Waals surface area (Å²) in [6.07, 6.45) is 0. The zero-order chi connectivity index (χ0) is 26.6. The molecule has 8 nitrogen and oxygen atoms in total. The molecule has 6 rings (SSSR count). The van der Waals surface area contributed by atoms with Crippen LogP contribution in [0.25, 0.3) is 16.0 Å². The highest BCUT2D eigenvalue weighted by Gasteiger charge is 2.48. The third kappa shape index (κ3) is 3.86. The molecule has 1 N–H and O–H groups in total. The van der Waals surface area contributed by atoms with Crippen molar-refractivity contribution in [3.63, 3.8) is 0 Å². The molecule has 4 aromatic rings. The highest BCUT2D eigenvalue weighted by atomic mass is 32.1. The Kier molecular flexibility index (Phi) is 5.80. The number of thiazole rings is 1. The minimum atomic E-state index is -0.893. The number of aliphatic hydroxyl groups is 1. The molecule has 0 saturated carbocycles. The molecule has 1 atom stereocenters. The molecular formula is C29H24N2O6S. The molecule has 1 amide bonds. The maximum atomic E-state index is 13.5. The number of aryl methyl sites for hydroxylation is 2. The van der Waals surface area contributed by atoms with Crippen molar-refractivity contribution in [2.24, 2.45) is 0 Å². The van der Waals surface area contributed by atoms with Crippen molar-refractivity contribution in [2.75, 3.05) is 25.2 Å². The summed E-state index contributed by atoms with van der Waals surface area (Å²) in [6, 6.07) is 15.2. The summed E-state index contributed by atoms with van der Waals surface area (Å²) >= 11 is 1.34. The minimum absolute atomic E-state index is 0.0241. The number of amides is 1. The Morgan fingerprint density at radius 2 is 1.76 bits per heavy atom. The second-order valence-electron chi connectivity index (χ2n) is 9.23. The summed E-state index contributed by atoms with van der Waals surface area (Å²) in [6.45, 7) is 4.78. The van der Waals surface area contributed by atoms with Crippen molar-refractivity contribution >= 4 is 44.1 Å². The smallest absolute Gasteiger partial charge is 0.301 e. The number of methoxy groups -OCH3 is 1. The van der Waals surface area contributed by atoms with E-state index in [0.717, 1.165) is 21.3 Å². The van der Waals surface area contributed by atoms with E-state index in [-0.39, 0.29) is 11.3 Å².